The Hall–Kier alpha value is -1.54. The van der Waals surface area contributed by atoms with Crippen LogP contribution in [0.4, 0.5) is 8.78 Å². The summed E-state index contributed by atoms with van der Waals surface area (Å²) in [6, 6.07) is 1.03. The highest BCUT2D eigenvalue weighted by Gasteiger charge is 2.24. The molecule has 2 N–H and O–H groups in total. The van der Waals surface area contributed by atoms with Crippen LogP contribution < -0.4 is 4.72 Å². The largest absolute Gasteiger partial charge is 0.478 e. The average molecular weight is 293 g/mol. The second-order valence-electron chi connectivity index (χ2n) is 3.83. The van der Waals surface area contributed by atoms with Gasteiger partial charge in [-0.05, 0) is 18.6 Å². The molecule has 1 aromatic carbocycles. The van der Waals surface area contributed by atoms with Gasteiger partial charge in [-0.2, -0.15) is 0 Å². The van der Waals surface area contributed by atoms with E-state index in [0.29, 0.717) is 25.0 Å². The number of hydrogen-bond acceptors (Lipinski definition) is 3. The summed E-state index contributed by atoms with van der Waals surface area (Å²) in [5.41, 5.74) is -0.630. The summed E-state index contributed by atoms with van der Waals surface area (Å²) < 4.78 is 52.2. The van der Waals surface area contributed by atoms with E-state index in [9.17, 15) is 22.0 Å². The fourth-order valence-electron chi connectivity index (χ4n) is 1.34. The molecule has 0 saturated heterocycles. The second kappa shape index (κ2) is 6.07. The average Bonchev–Trinajstić information content (AvgIpc) is 2.32. The van der Waals surface area contributed by atoms with Crippen LogP contribution >= 0.6 is 0 Å². The summed E-state index contributed by atoms with van der Waals surface area (Å²) in [6.45, 7) is 1.90. The zero-order valence-electron chi connectivity index (χ0n) is 10.1. The predicted molar refractivity (Wildman–Crippen MR) is 63.4 cm³/mol. The lowest BCUT2D eigenvalue weighted by Gasteiger charge is -2.08. The smallest absolute Gasteiger partial charge is 0.335 e. The van der Waals surface area contributed by atoms with Crippen molar-refractivity contribution in [1.82, 2.24) is 4.72 Å². The lowest BCUT2D eigenvalue weighted by atomic mass is 10.2. The second-order valence-corrected chi connectivity index (χ2v) is 5.56. The molecular formula is C11H13F2NO4S. The van der Waals surface area contributed by atoms with Crippen molar-refractivity contribution >= 4 is 16.0 Å². The van der Waals surface area contributed by atoms with Crippen LogP contribution in [-0.4, -0.2) is 26.0 Å². The molecule has 1 rings (SSSR count). The quantitative estimate of drug-likeness (QED) is 0.783. The van der Waals surface area contributed by atoms with E-state index >= 15 is 0 Å². The van der Waals surface area contributed by atoms with Crippen LogP contribution in [0.1, 0.15) is 30.1 Å². The van der Waals surface area contributed by atoms with E-state index in [4.69, 9.17) is 5.11 Å². The number of sulfonamides is 1. The predicted octanol–water partition coefficient (Wildman–Crippen LogP) is 1.74. The third-order valence-electron chi connectivity index (χ3n) is 2.35. The van der Waals surface area contributed by atoms with Crippen molar-refractivity contribution in [2.24, 2.45) is 0 Å². The minimum Gasteiger partial charge on any atom is -0.478 e. The van der Waals surface area contributed by atoms with Crippen LogP contribution in [0.25, 0.3) is 0 Å². The lowest BCUT2D eigenvalue weighted by Crippen LogP contribution is -2.26. The summed E-state index contributed by atoms with van der Waals surface area (Å²) in [5, 5.41) is 8.70. The van der Waals surface area contributed by atoms with Gasteiger partial charge in [0.2, 0.25) is 10.0 Å². The van der Waals surface area contributed by atoms with Crippen molar-refractivity contribution in [3.05, 3.63) is 29.3 Å². The Morgan fingerprint density at radius 3 is 2.53 bits per heavy atom. The highest BCUT2D eigenvalue weighted by atomic mass is 32.2. The zero-order valence-corrected chi connectivity index (χ0v) is 10.9. The minimum atomic E-state index is -4.27. The standard InChI is InChI=1S/C11H13F2NO4S/c1-2-3-4-14-19(17,18)9-6-7(11(15)16)5-8(12)10(9)13/h5-6,14H,2-4H2,1H3,(H,15,16). The highest BCUT2D eigenvalue weighted by molar-refractivity contribution is 7.89. The van der Waals surface area contributed by atoms with E-state index in [1.54, 1.807) is 0 Å². The van der Waals surface area contributed by atoms with Gasteiger partial charge in [-0.1, -0.05) is 13.3 Å². The van der Waals surface area contributed by atoms with E-state index < -0.39 is 38.1 Å². The fourth-order valence-corrected chi connectivity index (χ4v) is 2.53. The Bertz CT molecular complexity index is 587. The number of carboxylic acids is 1. The maximum absolute atomic E-state index is 13.5. The number of rotatable bonds is 6. The van der Waals surface area contributed by atoms with Gasteiger partial charge in [0.25, 0.3) is 0 Å². The van der Waals surface area contributed by atoms with Gasteiger partial charge in [-0.15, -0.1) is 0 Å². The number of carbonyl (C=O) groups is 1. The number of nitrogens with one attached hydrogen (secondary N) is 1. The van der Waals surface area contributed by atoms with Gasteiger partial charge in [0.05, 0.1) is 5.56 Å². The number of hydrogen-bond donors (Lipinski definition) is 2. The van der Waals surface area contributed by atoms with Gasteiger partial charge in [0, 0.05) is 6.54 Å². The lowest BCUT2D eigenvalue weighted by molar-refractivity contribution is 0.0696. The Labute approximate surface area is 109 Å². The van der Waals surface area contributed by atoms with Crippen molar-refractivity contribution in [1.29, 1.82) is 0 Å². The number of benzene rings is 1. The molecule has 0 fully saturated rings. The van der Waals surface area contributed by atoms with E-state index in [1.165, 1.54) is 0 Å². The Balaban J connectivity index is 3.21. The molecule has 5 nitrogen and oxygen atoms in total. The Morgan fingerprint density at radius 2 is 2.00 bits per heavy atom. The molecule has 19 heavy (non-hydrogen) atoms. The maximum atomic E-state index is 13.5. The molecule has 0 saturated carbocycles. The van der Waals surface area contributed by atoms with Gasteiger partial charge in [-0.3, -0.25) is 0 Å². The van der Waals surface area contributed by atoms with Gasteiger partial charge in [0.1, 0.15) is 4.90 Å². The molecule has 8 heteroatoms. The third-order valence-corrected chi connectivity index (χ3v) is 3.81. The first kappa shape index (κ1) is 15.5. The molecule has 1 aromatic rings. The number of unbranched alkanes of at least 4 members (excludes halogenated alkanes) is 1. The first-order chi connectivity index (χ1) is 8.79. The summed E-state index contributed by atoms with van der Waals surface area (Å²) in [7, 11) is -4.27. The van der Waals surface area contributed by atoms with E-state index in [2.05, 4.69) is 4.72 Å². The van der Waals surface area contributed by atoms with Crippen LogP contribution in [-0.2, 0) is 10.0 Å². The van der Waals surface area contributed by atoms with Crippen molar-refractivity contribution in [3.8, 4) is 0 Å². The van der Waals surface area contributed by atoms with Crippen LogP contribution in [0.15, 0.2) is 17.0 Å². The molecular weight excluding hydrogens is 280 g/mol. The molecule has 0 heterocycles. The topological polar surface area (TPSA) is 83.5 Å². The maximum Gasteiger partial charge on any atom is 0.335 e. The highest BCUT2D eigenvalue weighted by Crippen LogP contribution is 2.20. The monoisotopic (exact) mass is 293 g/mol. The summed E-state index contributed by atoms with van der Waals surface area (Å²) >= 11 is 0. The van der Waals surface area contributed by atoms with Gasteiger partial charge < -0.3 is 5.11 Å². The molecule has 0 aliphatic rings. The zero-order chi connectivity index (χ0) is 14.6. The normalized spacial score (nSPS) is 11.5. The molecule has 0 radical (unpaired) electrons. The van der Waals surface area contributed by atoms with E-state index in [0.717, 1.165) is 0 Å². The number of halogens is 2. The van der Waals surface area contributed by atoms with E-state index in [-0.39, 0.29) is 6.54 Å². The Morgan fingerprint density at radius 1 is 1.37 bits per heavy atom. The van der Waals surface area contributed by atoms with Crippen molar-refractivity contribution in [3.63, 3.8) is 0 Å². The number of carboxylic acid groups (broad SMARTS) is 1. The molecule has 0 aliphatic heterocycles. The van der Waals surface area contributed by atoms with Crippen LogP contribution in [0.3, 0.4) is 0 Å². The van der Waals surface area contributed by atoms with Crippen molar-refractivity contribution in [2.45, 2.75) is 24.7 Å². The van der Waals surface area contributed by atoms with Gasteiger partial charge in [-0.25, -0.2) is 26.7 Å². The molecule has 0 unspecified atom stereocenters. The Kier molecular flexibility index (Phi) is 4.96. The van der Waals surface area contributed by atoms with Crippen molar-refractivity contribution in [2.75, 3.05) is 6.54 Å². The summed E-state index contributed by atoms with van der Waals surface area (Å²) in [6.07, 6.45) is 1.25. The third kappa shape index (κ3) is 3.71. The van der Waals surface area contributed by atoms with Crippen LogP contribution in [0.2, 0.25) is 0 Å². The molecule has 0 aliphatic carbocycles. The first-order valence-electron chi connectivity index (χ1n) is 5.51. The fraction of sp³-hybridized carbons (Fsp3) is 0.364. The van der Waals surface area contributed by atoms with Gasteiger partial charge >= 0.3 is 5.97 Å². The molecule has 0 spiro atoms. The molecule has 106 valence electrons. The molecule has 0 amide bonds. The van der Waals surface area contributed by atoms with Crippen molar-refractivity contribution < 1.29 is 27.1 Å². The van der Waals surface area contributed by atoms with Gasteiger partial charge in [0.15, 0.2) is 11.6 Å². The van der Waals surface area contributed by atoms with E-state index in [1.807, 2.05) is 6.92 Å². The number of aromatic carboxylic acids is 1. The molecule has 0 aromatic heterocycles. The molecule has 0 atom stereocenters. The van der Waals surface area contributed by atoms with Crippen LogP contribution in [0, 0.1) is 11.6 Å². The summed E-state index contributed by atoms with van der Waals surface area (Å²) in [4.78, 5) is 9.70. The van der Waals surface area contributed by atoms with Crippen LogP contribution in [0.5, 0.6) is 0 Å². The first-order valence-corrected chi connectivity index (χ1v) is 7.00. The SMILES string of the molecule is CCCCNS(=O)(=O)c1cc(C(=O)O)cc(F)c1F. The minimum absolute atomic E-state index is 0.0667. The summed E-state index contributed by atoms with van der Waals surface area (Å²) in [5.74, 6) is -4.64. The molecule has 0 bridgehead atoms.